The minimum absolute atomic E-state index is 0.0766. The Labute approximate surface area is 151 Å². The summed E-state index contributed by atoms with van der Waals surface area (Å²) in [6, 6.07) is 7.58. The van der Waals surface area contributed by atoms with Gasteiger partial charge in [0.1, 0.15) is 5.82 Å². The summed E-state index contributed by atoms with van der Waals surface area (Å²) in [5, 5.41) is 4.25. The van der Waals surface area contributed by atoms with E-state index in [0.29, 0.717) is 25.3 Å². The Morgan fingerprint density at radius 3 is 2.92 bits per heavy atom. The molecule has 3 rings (SSSR count). The second kappa shape index (κ2) is 7.55. The molecule has 2 heterocycles. The van der Waals surface area contributed by atoms with E-state index < -0.39 is 10.0 Å². The van der Waals surface area contributed by atoms with E-state index in [2.05, 4.69) is 9.82 Å². The highest BCUT2D eigenvalue weighted by Crippen LogP contribution is 2.18. The first kappa shape index (κ1) is 18.5. The van der Waals surface area contributed by atoms with Crippen LogP contribution in [0.3, 0.4) is 0 Å². The number of hydrogen-bond donors (Lipinski definition) is 1. The summed E-state index contributed by atoms with van der Waals surface area (Å²) in [5.41, 5.74) is 0.823. The van der Waals surface area contributed by atoms with Crippen LogP contribution < -0.4 is 4.72 Å². The van der Waals surface area contributed by atoms with Gasteiger partial charge in [-0.2, -0.15) is 5.10 Å². The summed E-state index contributed by atoms with van der Waals surface area (Å²) in [6.07, 6.45) is 4.42. The number of carbonyl (C=O) groups is 1. The van der Waals surface area contributed by atoms with E-state index in [1.807, 2.05) is 0 Å². The molecular formula is C17H21FN4O3S. The molecule has 0 radical (unpaired) electrons. The molecule has 1 aliphatic heterocycles. The van der Waals surface area contributed by atoms with E-state index in [1.54, 1.807) is 29.3 Å². The third-order valence-corrected chi connectivity index (χ3v) is 5.01. The van der Waals surface area contributed by atoms with Crippen LogP contribution in [0.5, 0.6) is 0 Å². The number of nitrogens with zero attached hydrogens (tertiary/aromatic N) is 3. The van der Waals surface area contributed by atoms with Gasteiger partial charge in [-0.3, -0.25) is 4.79 Å². The molecule has 1 aromatic heterocycles. The SMILES string of the molecule is CS(=O)(=O)NCC1CCCN(C(=O)c2ccn(-c3cccc(F)c3)n2)C1. The van der Waals surface area contributed by atoms with Crippen molar-refractivity contribution in [2.75, 3.05) is 25.9 Å². The van der Waals surface area contributed by atoms with Crippen molar-refractivity contribution in [3.8, 4) is 5.69 Å². The van der Waals surface area contributed by atoms with Gasteiger partial charge in [-0.1, -0.05) is 6.07 Å². The molecule has 1 amide bonds. The van der Waals surface area contributed by atoms with Crippen molar-refractivity contribution in [1.29, 1.82) is 0 Å². The van der Waals surface area contributed by atoms with Crippen molar-refractivity contribution in [2.45, 2.75) is 12.8 Å². The minimum Gasteiger partial charge on any atom is -0.337 e. The molecule has 9 heteroatoms. The molecule has 2 aromatic rings. The average Bonchev–Trinajstić information content (AvgIpc) is 3.09. The molecule has 7 nitrogen and oxygen atoms in total. The van der Waals surface area contributed by atoms with E-state index >= 15 is 0 Å². The van der Waals surface area contributed by atoms with Gasteiger partial charge in [-0.15, -0.1) is 0 Å². The first-order valence-electron chi connectivity index (χ1n) is 8.37. The smallest absolute Gasteiger partial charge is 0.274 e. The average molecular weight is 380 g/mol. The van der Waals surface area contributed by atoms with Gasteiger partial charge in [0.15, 0.2) is 5.69 Å². The summed E-state index contributed by atoms with van der Waals surface area (Å²) < 4.78 is 39.8. The number of amides is 1. The number of halogens is 1. The molecule has 1 aromatic carbocycles. The van der Waals surface area contributed by atoms with Crippen molar-refractivity contribution in [3.63, 3.8) is 0 Å². The minimum atomic E-state index is -3.24. The Balaban J connectivity index is 1.67. The summed E-state index contributed by atoms with van der Waals surface area (Å²) in [5.74, 6) is -0.500. The fourth-order valence-electron chi connectivity index (χ4n) is 3.05. The molecule has 0 spiro atoms. The largest absolute Gasteiger partial charge is 0.337 e. The van der Waals surface area contributed by atoms with Crippen LogP contribution in [0.2, 0.25) is 0 Å². The second-order valence-electron chi connectivity index (χ2n) is 6.51. The highest BCUT2D eigenvalue weighted by atomic mass is 32.2. The van der Waals surface area contributed by atoms with Crippen LogP contribution in [0.15, 0.2) is 36.5 Å². The van der Waals surface area contributed by atoms with Gasteiger partial charge in [-0.05, 0) is 43.0 Å². The highest BCUT2D eigenvalue weighted by Gasteiger charge is 2.26. The van der Waals surface area contributed by atoms with Crippen LogP contribution in [0.25, 0.3) is 5.69 Å². The zero-order valence-corrected chi connectivity index (χ0v) is 15.2. The third kappa shape index (κ3) is 4.67. The number of likely N-dealkylation sites (tertiary alicyclic amines) is 1. The van der Waals surface area contributed by atoms with Gasteiger partial charge in [-0.25, -0.2) is 22.2 Å². The molecule has 0 saturated carbocycles. The van der Waals surface area contributed by atoms with E-state index in [0.717, 1.165) is 19.1 Å². The fourth-order valence-corrected chi connectivity index (χ4v) is 3.59. The molecule has 1 N–H and O–H groups in total. The van der Waals surface area contributed by atoms with E-state index in [4.69, 9.17) is 0 Å². The van der Waals surface area contributed by atoms with Gasteiger partial charge in [0.2, 0.25) is 10.0 Å². The number of hydrogen-bond acceptors (Lipinski definition) is 4. The van der Waals surface area contributed by atoms with Crippen LogP contribution in [-0.2, 0) is 10.0 Å². The molecule has 1 fully saturated rings. The zero-order chi connectivity index (χ0) is 18.7. The number of sulfonamides is 1. The van der Waals surface area contributed by atoms with Gasteiger partial charge in [0.05, 0.1) is 11.9 Å². The van der Waals surface area contributed by atoms with Crippen LogP contribution in [0.1, 0.15) is 23.3 Å². The van der Waals surface area contributed by atoms with Crippen molar-refractivity contribution < 1.29 is 17.6 Å². The standard InChI is InChI=1S/C17H21FN4O3S/c1-26(24,25)19-11-13-4-3-8-21(12-13)17(23)16-7-9-22(20-16)15-6-2-5-14(18)10-15/h2,5-7,9-10,13,19H,3-4,8,11-12H2,1H3. The predicted octanol–water partition coefficient (Wildman–Crippen LogP) is 1.41. The number of aromatic nitrogens is 2. The first-order chi connectivity index (χ1) is 12.3. The lowest BCUT2D eigenvalue weighted by molar-refractivity contribution is 0.0670. The quantitative estimate of drug-likeness (QED) is 0.850. The normalized spacial score (nSPS) is 18.1. The van der Waals surface area contributed by atoms with Crippen LogP contribution in [0.4, 0.5) is 4.39 Å². The third-order valence-electron chi connectivity index (χ3n) is 4.32. The number of nitrogens with one attached hydrogen (secondary N) is 1. The Morgan fingerprint density at radius 1 is 1.38 bits per heavy atom. The molecule has 1 aliphatic rings. The Bertz CT molecular complexity index is 897. The molecule has 1 saturated heterocycles. The highest BCUT2D eigenvalue weighted by molar-refractivity contribution is 7.88. The van der Waals surface area contributed by atoms with Crippen molar-refractivity contribution in [1.82, 2.24) is 19.4 Å². The van der Waals surface area contributed by atoms with E-state index in [1.165, 1.54) is 16.8 Å². The van der Waals surface area contributed by atoms with Gasteiger partial charge in [0, 0.05) is 25.8 Å². The summed E-state index contributed by atoms with van der Waals surface area (Å²) in [7, 11) is -3.24. The number of carbonyl (C=O) groups excluding carboxylic acids is 1. The molecule has 0 aliphatic carbocycles. The maximum Gasteiger partial charge on any atom is 0.274 e. The fraction of sp³-hybridized carbons (Fsp3) is 0.412. The second-order valence-corrected chi connectivity index (χ2v) is 8.34. The van der Waals surface area contributed by atoms with Gasteiger partial charge >= 0.3 is 0 Å². The molecule has 0 bridgehead atoms. The zero-order valence-electron chi connectivity index (χ0n) is 14.4. The lowest BCUT2D eigenvalue weighted by Crippen LogP contribution is -2.43. The van der Waals surface area contributed by atoms with Crippen molar-refractivity contribution in [3.05, 3.63) is 48.0 Å². The lowest BCUT2D eigenvalue weighted by atomic mass is 9.98. The molecule has 1 unspecified atom stereocenters. The van der Waals surface area contributed by atoms with E-state index in [-0.39, 0.29) is 23.3 Å². The van der Waals surface area contributed by atoms with Gasteiger partial charge in [0.25, 0.3) is 5.91 Å². The number of piperidine rings is 1. The summed E-state index contributed by atoms with van der Waals surface area (Å²) >= 11 is 0. The number of rotatable bonds is 5. The summed E-state index contributed by atoms with van der Waals surface area (Å²) in [6.45, 7) is 1.41. The Kier molecular flexibility index (Phi) is 5.38. The Hall–Kier alpha value is -2.26. The van der Waals surface area contributed by atoms with Crippen LogP contribution >= 0.6 is 0 Å². The topological polar surface area (TPSA) is 84.3 Å². The van der Waals surface area contributed by atoms with E-state index in [9.17, 15) is 17.6 Å². The molecule has 1 atom stereocenters. The van der Waals surface area contributed by atoms with Crippen LogP contribution in [-0.4, -0.2) is 54.9 Å². The maximum atomic E-state index is 13.3. The number of benzene rings is 1. The molecular weight excluding hydrogens is 359 g/mol. The monoisotopic (exact) mass is 380 g/mol. The first-order valence-corrected chi connectivity index (χ1v) is 10.3. The Morgan fingerprint density at radius 2 is 2.19 bits per heavy atom. The maximum absolute atomic E-state index is 13.3. The van der Waals surface area contributed by atoms with Crippen molar-refractivity contribution >= 4 is 15.9 Å². The van der Waals surface area contributed by atoms with Crippen LogP contribution in [0, 0.1) is 11.7 Å². The lowest BCUT2D eigenvalue weighted by Gasteiger charge is -2.32. The predicted molar refractivity (Wildman–Crippen MR) is 95.0 cm³/mol. The molecule has 140 valence electrons. The van der Waals surface area contributed by atoms with Crippen molar-refractivity contribution in [2.24, 2.45) is 5.92 Å². The summed E-state index contributed by atoms with van der Waals surface area (Å²) in [4.78, 5) is 14.4. The molecule has 26 heavy (non-hydrogen) atoms. The van der Waals surface area contributed by atoms with Gasteiger partial charge < -0.3 is 4.90 Å².